The van der Waals surface area contributed by atoms with Crippen LogP contribution in [0.4, 0.5) is 0 Å². The summed E-state index contributed by atoms with van der Waals surface area (Å²) in [5.74, 6) is -8.15. The van der Waals surface area contributed by atoms with Gasteiger partial charge >= 0.3 is 5.97 Å². The van der Waals surface area contributed by atoms with E-state index < -0.39 is 83.7 Å². The number of ether oxygens (including phenoxy) is 5. The topological polar surface area (TPSA) is 158 Å². The van der Waals surface area contributed by atoms with E-state index in [1.54, 1.807) is 21.0 Å². The first kappa shape index (κ1) is 42.9. The molecule has 54 heavy (non-hydrogen) atoms. The van der Waals surface area contributed by atoms with Gasteiger partial charge in [0.1, 0.15) is 24.0 Å². The van der Waals surface area contributed by atoms with Gasteiger partial charge in [0.2, 0.25) is 5.79 Å². The van der Waals surface area contributed by atoms with Crippen molar-refractivity contribution in [3.8, 4) is 0 Å². The number of halogens is 1. The Morgan fingerprint density at radius 1 is 1.00 bits per heavy atom. The quantitative estimate of drug-likeness (QED) is 0.175. The SMILES string of the molecule is CC[C@@H]1/C=C(\C)C[C@H](C)[C@H](OC)[C@H]2O[C@@](O)(C(=O)C(=O)N3CCCC4/C(=C\[C@@H]5CC[C@H](Cl)[C@H](OC)C5)[C@@H](OC(=O)[C@H]43)[C@H](C)[C@@H](O)CC1=O)[C@H](C)C[C@@H]2OC. The van der Waals surface area contributed by atoms with Crippen molar-refractivity contribution in [2.75, 3.05) is 27.9 Å². The largest absolute Gasteiger partial charge is 0.456 e. The third kappa shape index (κ3) is 8.55. The minimum atomic E-state index is -2.51. The first-order chi connectivity index (χ1) is 25.6. The minimum absolute atomic E-state index is 0.0145. The van der Waals surface area contributed by atoms with E-state index in [2.05, 4.69) is 6.08 Å². The summed E-state index contributed by atoms with van der Waals surface area (Å²) in [5.41, 5.74) is 1.69. The summed E-state index contributed by atoms with van der Waals surface area (Å²) in [6, 6.07) is -1.13. The average Bonchev–Trinajstić information content (AvgIpc) is 3.15. The number of allylic oxidation sites excluding steroid dienone is 3. The number of hydrogen-bond donors (Lipinski definition) is 2. The van der Waals surface area contributed by atoms with Crippen LogP contribution < -0.4 is 0 Å². The maximum atomic E-state index is 14.4. The van der Waals surface area contributed by atoms with Crippen molar-refractivity contribution >= 4 is 35.0 Å². The van der Waals surface area contributed by atoms with E-state index in [1.165, 1.54) is 19.1 Å². The molecule has 5 aliphatic heterocycles. The van der Waals surface area contributed by atoms with Crippen LogP contribution in [-0.2, 0) is 42.9 Å². The lowest BCUT2D eigenvalue weighted by atomic mass is 9.72. The molecule has 0 aromatic carbocycles. The lowest BCUT2D eigenvalue weighted by molar-refractivity contribution is -0.305. The fourth-order valence-corrected chi connectivity index (χ4v) is 10.1. The number of ketones is 2. The van der Waals surface area contributed by atoms with Crippen molar-refractivity contribution in [3.05, 3.63) is 23.3 Å². The van der Waals surface area contributed by atoms with Crippen LogP contribution in [0.25, 0.3) is 0 Å². The zero-order chi connectivity index (χ0) is 39.6. The molecule has 13 heteroatoms. The summed E-state index contributed by atoms with van der Waals surface area (Å²) >= 11 is 6.58. The number of aliphatic hydroxyl groups is 2. The van der Waals surface area contributed by atoms with Gasteiger partial charge in [0.25, 0.3) is 11.7 Å². The van der Waals surface area contributed by atoms with Crippen LogP contribution in [0.2, 0.25) is 0 Å². The number of carbonyl (C=O) groups is 4. The van der Waals surface area contributed by atoms with Crippen LogP contribution >= 0.6 is 11.6 Å². The molecule has 0 spiro atoms. The number of esters is 1. The summed E-state index contributed by atoms with van der Waals surface area (Å²) in [6.45, 7) is 9.36. The number of aliphatic hydroxyl groups excluding tert-OH is 1. The number of Topliss-reactive ketones (excluding diaryl/α,β-unsaturated/α-hetero) is 2. The maximum Gasteiger partial charge on any atom is 0.330 e. The van der Waals surface area contributed by atoms with Gasteiger partial charge in [-0.05, 0) is 75.7 Å². The number of methoxy groups -OCH3 is 3. The molecular weight excluding hydrogens is 718 g/mol. The number of piperidine rings is 1. The fraction of sp³-hybridized carbons (Fsp3) is 0.805. The number of alkyl halides is 1. The Labute approximate surface area is 325 Å². The van der Waals surface area contributed by atoms with Gasteiger partial charge in [0.05, 0.1) is 29.8 Å². The predicted octanol–water partition coefficient (Wildman–Crippen LogP) is 4.55. The van der Waals surface area contributed by atoms with E-state index in [-0.39, 0.29) is 48.5 Å². The number of fused-ring (bicyclic) bond motifs is 10. The van der Waals surface area contributed by atoms with E-state index in [4.69, 9.17) is 35.3 Å². The Morgan fingerprint density at radius 2 is 1.70 bits per heavy atom. The molecule has 1 aliphatic carbocycles. The molecule has 15 atom stereocenters. The normalized spacial score (nSPS) is 44.8. The van der Waals surface area contributed by atoms with Crippen LogP contribution in [0.15, 0.2) is 23.3 Å². The molecule has 0 aromatic heterocycles. The minimum Gasteiger partial charge on any atom is -0.456 e. The van der Waals surface area contributed by atoms with Crippen molar-refractivity contribution in [3.63, 3.8) is 0 Å². The molecule has 5 heterocycles. The van der Waals surface area contributed by atoms with E-state index in [0.29, 0.717) is 38.5 Å². The van der Waals surface area contributed by atoms with Gasteiger partial charge in [-0.3, -0.25) is 14.4 Å². The summed E-state index contributed by atoms with van der Waals surface area (Å²) in [7, 11) is 4.69. The Kier molecular flexibility index (Phi) is 14.3. The third-order valence-corrected chi connectivity index (χ3v) is 13.5. The Balaban J connectivity index is 1.61. The summed E-state index contributed by atoms with van der Waals surface area (Å²) in [6.07, 6.45) is 3.99. The summed E-state index contributed by atoms with van der Waals surface area (Å²) in [5, 5.41) is 23.6. The summed E-state index contributed by atoms with van der Waals surface area (Å²) in [4.78, 5) is 57.9. The monoisotopic (exact) mass is 779 g/mol. The van der Waals surface area contributed by atoms with Crippen molar-refractivity contribution in [1.82, 2.24) is 4.90 Å². The van der Waals surface area contributed by atoms with E-state index in [9.17, 15) is 29.4 Å². The van der Waals surface area contributed by atoms with Gasteiger partial charge in [-0.1, -0.05) is 45.4 Å². The van der Waals surface area contributed by atoms with Gasteiger partial charge in [-0.15, -0.1) is 11.6 Å². The van der Waals surface area contributed by atoms with Gasteiger partial charge in [-0.2, -0.15) is 0 Å². The number of carbonyl (C=O) groups excluding carboxylic acids is 4. The van der Waals surface area contributed by atoms with Crippen molar-refractivity contribution in [2.45, 2.75) is 146 Å². The number of hydrogen-bond acceptors (Lipinski definition) is 11. The number of rotatable bonds is 5. The molecule has 0 aromatic rings. The van der Waals surface area contributed by atoms with Crippen LogP contribution in [0, 0.1) is 35.5 Å². The molecule has 0 radical (unpaired) electrons. The summed E-state index contributed by atoms with van der Waals surface area (Å²) < 4.78 is 30.0. The fourth-order valence-electron chi connectivity index (χ4n) is 9.78. The molecule has 304 valence electrons. The molecule has 3 saturated heterocycles. The Hall–Kier alpha value is -2.19. The highest BCUT2D eigenvalue weighted by molar-refractivity contribution is 6.39. The van der Waals surface area contributed by atoms with Gasteiger partial charge in [-0.25, -0.2) is 4.79 Å². The number of nitrogens with zero attached hydrogens (tertiary/aromatic N) is 1. The van der Waals surface area contributed by atoms with E-state index in [0.717, 1.165) is 17.6 Å². The van der Waals surface area contributed by atoms with Gasteiger partial charge in [0.15, 0.2) is 0 Å². The average molecular weight is 780 g/mol. The third-order valence-electron chi connectivity index (χ3n) is 13.0. The first-order valence-electron chi connectivity index (χ1n) is 19.9. The van der Waals surface area contributed by atoms with Crippen LogP contribution in [0.5, 0.6) is 0 Å². The van der Waals surface area contributed by atoms with Crippen molar-refractivity contribution < 1.29 is 53.1 Å². The standard InChI is InChI=1S/C41H62ClNO11/c1-9-26-16-21(2)15-22(3)35(52-8)37-33(51-7)17-23(4)41(49,54-37)38(46)39(47)43-14-10-11-27-28(18-25-12-13-29(42)32(19-25)50-6)36(53-40(48)34(27)43)24(5)30(44)20-31(26)45/h16,18,22-27,29-30,32-37,44,49H,9-15,17,19-20H2,1-8H3/b21-16+,28-18+/t22-,23+,24+,25-,26+,27?,29-,30-,32+,33-,34-,35-,36-,37-,41+/m0/s1. The molecule has 1 unspecified atom stereocenters. The van der Waals surface area contributed by atoms with Crippen LogP contribution in [0.1, 0.15) is 92.4 Å². The molecule has 6 aliphatic rings. The highest BCUT2D eigenvalue weighted by Gasteiger charge is 2.58. The molecular formula is C41H62ClNO11. The molecule has 6 bridgehead atoms. The molecule has 6 rings (SSSR count). The highest BCUT2D eigenvalue weighted by atomic mass is 35.5. The van der Waals surface area contributed by atoms with Gasteiger partial charge in [0, 0.05) is 58.0 Å². The lowest BCUT2D eigenvalue weighted by Crippen LogP contribution is -2.66. The van der Waals surface area contributed by atoms with E-state index in [1.807, 2.05) is 26.8 Å². The smallest absolute Gasteiger partial charge is 0.330 e. The molecule has 2 N–H and O–H groups in total. The second-order valence-electron chi connectivity index (χ2n) is 16.6. The van der Waals surface area contributed by atoms with E-state index >= 15 is 0 Å². The second kappa shape index (κ2) is 17.9. The highest BCUT2D eigenvalue weighted by Crippen LogP contribution is 2.44. The predicted molar refractivity (Wildman–Crippen MR) is 200 cm³/mol. The second-order valence-corrected chi connectivity index (χ2v) is 17.2. The van der Waals surface area contributed by atoms with Crippen LogP contribution in [0.3, 0.4) is 0 Å². The zero-order valence-electron chi connectivity index (χ0n) is 33.2. The lowest BCUT2D eigenvalue weighted by Gasteiger charge is -2.49. The van der Waals surface area contributed by atoms with Crippen molar-refractivity contribution in [2.24, 2.45) is 35.5 Å². The molecule has 1 saturated carbocycles. The van der Waals surface area contributed by atoms with Crippen molar-refractivity contribution in [1.29, 1.82) is 0 Å². The Morgan fingerprint density at radius 3 is 2.35 bits per heavy atom. The molecule has 12 nitrogen and oxygen atoms in total. The Bertz CT molecular complexity index is 1450. The van der Waals surface area contributed by atoms with Gasteiger partial charge < -0.3 is 38.8 Å². The zero-order valence-corrected chi connectivity index (χ0v) is 34.0. The molecule has 4 fully saturated rings. The first-order valence-corrected chi connectivity index (χ1v) is 20.3. The van der Waals surface area contributed by atoms with Crippen LogP contribution in [-0.4, -0.2) is 120 Å². The molecule has 1 amide bonds. The number of amides is 1. The maximum absolute atomic E-state index is 14.4.